The van der Waals surface area contributed by atoms with Crippen molar-refractivity contribution in [3.63, 3.8) is 0 Å². The van der Waals surface area contributed by atoms with Crippen molar-refractivity contribution >= 4 is 0 Å². The Morgan fingerprint density at radius 1 is 1.31 bits per heavy atom. The summed E-state index contributed by atoms with van der Waals surface area (Å²) in [5.41, 5.74) is -0.539. The van der Waals surface area contributed by atoms with Gasteiger partial charge in [-0.1, -0.05) is 6.42 Å². The first-order valence-corrected chi connectivity index (χ1v) is 5.38. The van der Waals surface area contributed by atoms with Gasteiger partial charge in [-0.2, -0.15) is 0 Å². The molecular weight excluding hydrogens is 164 g/mol. The van der Waals surface area contributed by atoms with Crippen molar-refractivity contribution in [2.24, 2.45) is 5.92 Å². The molecule has 1 aliphatic heterocycles. The smallest absolute Gasteiger partial charge is 0.0724 e. The zero-order chi connectivity index (χ0) is 9.53. The van der Waals surface area contributed by atoms with E-state index in [1.54, 1.807) is 0 Å². The van der Waals surface area contributed by atoms with Crippen LogP contribution in [0.1, 0.15) is 46.0 Å². The predicted octanol–water partition coefficient (Wildman–Crippen LogP) is 2.11. The van der Waals surface area contributed by atoms with E-state index >= 15 is 0 Å². The van der Waals surface area contributed by atoms with Crippen LogP contribution in [0.2, 0.25) is 0 Å². The van der Waals surface area contributed by atoms with E-state index in [1.165, 1.54) is 19.3 Å². The minimum atomic E-state index is -0.417. The fourth-order valence-corrected chi connectivity index (χ4v) is 2.67. The monoisotopic (exact) mass is 184 g/mol. The van der Waals surface area contributed by atoms with Crippen molar-refractivity contribution in [3.05, 3.63) is 0 Å². The van der Waals surface area contributed by atoms with E-state index < -0.39 is 5.60 Å². The highest BCUT2D eigenvalue weighted by Crippen LogP contribution is 2.45. The van der Waals surface area contributed by atoms with E-state index in [0.29, 0.717) is 5.92 Å². The molecule has 2 nitrogen and oxygen atoms in total. The average Bonchev–Trinajstić information content (AvgIpc) is 1.76. The van der Waals surface area contributed by atoms with Gasteiger partial charge in [0.25, 0.3) is 0 Å². The molecule has 1 aliphatic carbocycles. The second-order valence-corrected chi connectivity index (χ2v) is 5.27. The Hall–Kier alpha value is -0.0800. The summed E-state index contributed by atoms with van der Waals surface area (Å²) in [5.74, 6) is 0.552. The van der Waals surface area contributed by atoms with E-state index in [1.807, 2.05) is 0 Å². The van der Waals surface area contributed by atoms with Gasteiger partial charge in [0.2, 0.25) is 0 Å². The highest BCUT2D eigenvalue weighted by molar-refractivity contribution is 4.97. The molecule has 1 heterocycles. The first-order valence-electron chi connectivity index (χ1n) is 5.38. The molecule has 1 unspecified atom stereocenters. The van der Waals surface area contributed by atoms with Crippen LogP contribution in [0.4, 0.5) is 0 Å². The molecule has 2 fully saturated rings. The fraction of sp³-hybridized carbons (Fsp3) is 1.00. The third kappa shape index (κ3) is 1.75. The number of aliphatic hydroxyl groups is 1. The largest absolute Gasteiger partial charge is 0.389 e. The molecular formula is C11H20O2. The summed E-state index contributed by atoms with van der Waals surface area (Å²) in [6, 6.07) is 0. The third-order valence-corrected chi connectivity index (χ3v) is 3.62. The molecule has 1 N–H and O–H groups in total. The summed E-state index contributed by atoms with van der Waals surface area (Å²) < 4.78 is 5.62. The molecule has 0 radical (unpaired) electrons. The Labute approximate surface area is 80.3 Å². The van der Waals surface area contributed by atoms with Crippen molar-refractivity contribution in [1.82, 2.24) is 0 Å². The zero-order valence-corrected chi connectivity index (χ0v) is 8.68. The van der Waals surface area contributed by atoms with Crippen molar-refractivity contribution in [2.75, 3.05) is 6.61 Å². The molecule has 2 heteroatoms. The summed E-state index contributed by atoms with van der Waals surface area (Å²) >= 11 is 0. The quantitative estimate of drug-likeness (QED) is 0.676. The van der Waals surface area contributed by atoms with E-state index in [0.717, 1.165) is 19.4 Å². The zero-order valence-electron chi connectivity index (χ0n) is 8.68. The van der Waals surface area contributed by atoms with Crippen molar-refractivity contribution in [2.45, 2.75) is 57.2 Å². The molecule has 1 saturated heterocycles. The molecule has 0 amide bonds. The highest BCUT2D eigenvalue weighted by Gasteiger charge is 2.46. The van der Waals surface area contributed by atoms with E-state index in [9.17, 15) is 5.11 Å². The minimum Gasteiger partial charge on any atom is -0.389 e. The molecule has 0 spiro atoms. The number of ether oxygens (including phenoxy) is 1. The van der Waals surface area contributed by atoms with Crippen molar-refractivity contribution < 1.29 is 9.84 Å². The number of hydrogen-bond acceptors (Lipinski definition) is 2. The van der Waals surface area contributed by atoms with Gasteiger partial charge in [-0.3, -0.25) is 0 Å². The molecule has 0 aromatic carbocycles. The van der Waals surface area contributed by atoms with Crippen LogP contribution in [0, 0.1) is 5.92 Å². The van der Waals surface area contributed by atoms with Gasteiger partial charge in [0.1, 0.15) is 0 Å². The number of hydrogen-bond donors (Lipinski definition) is 1. The molecule has 0 aromatic rings. The van der Waals surface area contributed by atoms with Crippen molar-refractivity contribution in [1.29, 1.82) is 0 Å². The lowest BCUT2D eigenvalue weighted by Crippen LogP contribution is -2.52. The van der Waals surface area contributed by atoms with Crippen LogP contribution in [0.25, 0.3) is 0 Å². The molecule has 1 saturated carbocycles. The standard InChI is InChI=1S/C11H20O2/c1-10(2)8-11(12,6-7-13-10)9-4-3-5-9/h9,12H,3-8H2,1-2H3. The maximum Gasteiger partial charge on any atom is 0.0724 e. The maximum atomic E-state index is 10.4. The molecule has 0 aromatic heterocycles. The second-order valence-electron chi connectivity index (χ2n) is 5.27. The Balaban J connectivity index is 2.04. The van der Waals surface area contributed by atoms with Crippen LogP contribution in [0.3, 0.4) is 0 Å². The van der Waals surface area contributed by atoms with Crippen LogP contribution >= 0.6 is 0 Å². The van der Waals surface area contributed by atoms with E-state index in [4.69, 9.17) is 4.74 Å². The Morgan fingerprint density at radius 3 is 2.46 bits per heavy atom. The van der Waals surface area contributed by atoms with Gasteiger partial charge in [0, 0.05) is 6.42 Å². The summed E-state index contributed by atoms with van der Waals surface area (Å²) in [4.78, 5) is 0. The topological polar surface area (TPSA) is 29.5 Å². The summed E-state index contributed by atoms with van der Waals surface area (Å²) in [6.07, 6.45) is 5.37. The second kappa shape index (κ2) is 2.96. The minimum absolute atomic E-state index is 0.122. The highest BCUT2D eigenvalue weighted by atomic mass is 16.5. The van der Waals surface area contributed by atoms with Crippen LogP contribution in [-0.2, 0) is 4.74 Å². The Kier molecular flexibility index (Phi) is 2.16. The van der Waals surface area contributed by atoms with Gasteiger partial charge in [0.15, 0.2) is 0 Å². The molecule has 2 rings (SSSR count). The fourth-order valence-electron chi connectivity index (χ4n) is 2.67. The van der Waals surface area contributed by atoms with Crippen LogP contribution in [-0.4, -0.2) is 22.9 Å². The van der Waals surface area contributed by atoms with Gasteiger partial charge in [-0.25, -0.2) is 0 Å². The van der Waals surface area contributed by atoms with E-state index in [-0.39, 0.29) is 5.60 Å². The lowest BCUT2D eigenvalue weighted by molar-refractivity contribution is -0.177. The van der Waals surface area contributed by atoms with Crippen LogP contribution in [0.15, 0.2) is 0 Å². The lowest BCUT2D eigenvalue weighted by Gasteiger charge is -2.48. The molecule has 76 valence electrons. The average molecular weight is 184 g/mol. The van der Waals surface area contributed by atoms with Crippen molar-refractivity contribution in [3.8, 4) is 0 Å². The summed E-state index contributed by atoms with van der Waals surface area (Å²) in [5, 5.41) is 10.4. The first-order chi connectivity index (χ1) is 6.02. The first kappa shape index (κ1) is 9.47. The van der Waals surface area contributed by atoms with Gasteiger partial charge < -0.3 is 9.84 Å². The maximum absolute atomic E-state index is 10.4. The van der Waals surface area contributed by atoms with Crippen LogP contribution < -0.4 is 0 Å². The normalized spacial score (nSPS) is 39.9. The van der Waals surface area contributed by atoms with Gasteiger partial charge in [-0.05, 0) is 39.0 Å². The molecule has 13 heavy (non-hydrogen) atoms. The molecule has 1 atom stereocenters. The van der Waals surface area contributed by atoms with Gasteiger partial charge >= 0.3 is 0 Å². The van der Waals surface area contributed by atoms with Gasteiger partial charge in [0.05, 0.1) is 17.8 Å². The summed E-state index contributed by atoms with van der Waals surface area (Å²) in [6.45, 7) is 4.88. The van der Waals surface area contributed by atoms with Gasteiger partial charge in [-0.15, -0.1) is 0 Å². The third-order valence-electron chi connectivity index (χ3n) is 3.62. The predicted molar refractivity (Wildman–Crippen MR) is 51.6 cm³/mol. The lowest BCUT2D eigenvalue weighted by atomic mass is 9.67. The Morgan fingerprint density at radius 2 is 2.00 bits per heavy atom. The molecule has 0 bridgehead atoms. The Bertz CT molecular complexity index is 196. The van der Waals surface area contributed by atoms with Crippen LogP contribution in [0.5, 0.6) is 0 Å². The number of rotatable bonds is 1. The summed E-state index contributed by atoms with van der Waals surface area (Å²) in [7, 11) is 0. The SMILES string of the molecule is CC1(C)CC(O)(C2CCC2)CCO1. The van der Waals surface area contributed by atoms with E-state index in [2.05, 4.69) is 13.8 Å². The molecule has 2 aliphatic rings.